The molecule has 5 nitrogen and oxygen atoms in total. The highest BCUT2D eigenvalue weighted by Crippen LogP contribution is 2.47. The van der Waals surface area contributed by atoms with Crippen molar-refractivity contribution in [3.63, 3.8) is 0 Å². The number of hydrogen-bond donors (Lipinski definition) is 2. The Morgan fingerprint density at radius 3 is 2.44 bits per heavy atom. The first-order valence-electron chi connectivity index (χ1n) is 5.67. The van der Waals surface area contributed by atoms with Crippen LogP contribution in [0.2, 0.25) is 5.02 Å². The summed E-state index contributed by atoms with van der Waals surface area (Å²) in [6, 6.07) is 5.04. The summed E-state index contributed by atoms with van der Waals surface area (Å²) in [7, 11) is -3.12. The lowest BCUT2D eigenvalue weighted by atomic mass is 10.3. The van der Waals surface area contributed by atoms with Gasteiger partial charge in [-0.1, -0.05) is 11.6 Å². The van der Waals surface area contributed by atoms with Crippen LogP contribution in [0.3, 0.4) is 0 Å². The molecule has 0 aliphatic heterocycles. The Bertz CT molecular complexity index is 432. The van der Waals surface area contributed by atoms with E-state index in [9.17, 15) is 4.57 Å². The number of anilines is 2. The highest BCUT2D eigenvalue weighted by atomic mass is 35.5. The van der Waals surface area contributed by atoms with Crippen LogP contribution in [0.15, 0.2) is 18.2 Å². The van der Waals surface area contributed by atoms with Crippen LogP contribution in [0.5, 0.6) is 0 Å². The van der Waals surface area contributed by atoms with Crippen molar-refractivity contribution >= 4 is 30.6 Å². The Labute approximate surface area is 112 Å². The van der Waals surface area contributed by atoms with E-state index >= 15 is 0 Å². The predicted octanol–water partition coefficient (Wildman–Crippen LogP) is 3.56. The number of hydrogen-bond acceptors (Lipinski definition) is 5. The van der Waals surface area contributed by atoms with Gasteiger partial charge in [-0.2, -0.15) is 0 Å². The van der Waals surface area contributed by atoms with Crippen LogP contribution in [0.25, 0.3) is 0 Å². The zero-order valence-corrected chi connectivity index (χ0v) is 12.1. The fraction of sp³-hybridized carbons (Fsp3) is 0.455. The van der Waals surface area contributed by atoms with E-state index < -0.39 is 7.60 Å². The van der Waals surface area contributed by atoms with Crippen molar-refractivity contribution in [3.05, 3.63) is 23.2 Å². The summed E-state index contributed by atoms with van der Waals surface area (Å²) >= 11 is 5.79. The summed E-state index contributed by atoms with van der Waals surface area (Å²) in [5, 5.41) is 3.51. The maximum Gasteiger partial charge on any atom is 0.349 e. The fourth-order valence-electron chi connectivity index (χ4n) is 1.40. The summed E-state index contributed by atoms with van der Waals surface area (Å²) in [5.74, 6) is 0. The number of nitrogen functional groups attached to an aromatic ring is 1. The molecule has 0 amide bonds. The van der Waals surface area contributed by atoms with Gasteiger partial charge in [-0.3, -0.25) is 4.57 Å². The van der Waals surface area contributed by atoms with Gasteiger partial charge in [-0.15, -0.1) is 0 Å². The van der Waals surface area contributed by atoms with E-state index in [0.29, 0.717) is 29.6 Å². The molecule has 0 heterocycles. The van der Waals surface area contributed by atoms with E-state index in [2.05, 4.69) is 5.32 Å². The molecule has 0 saturated heterocycles. The lowest BCUT2D eigenvalue weighted by Crippen LogP contribution is -2.09. The number of nitrogens with one attached hydrogen (secondary N) is 1. The maximum atomic E-state index is 12.2. The summed E-state index contributed by atoms with van der Waals surface area (Å²) in [6.07, 6.45) is 0.0700. The summed E-state index contributed by atoms with van der Waals surface area (Å²) in [5.41, 5.74) is 6.92. The molecule has 0 radical (unpaired) electrons. The molecule has 0 atom stereocenters. The van der Waals surface area contributed by atoms with Crippen LogP contribution in [0, 0.1) is 0 Å². The van der Waals surface area contributed by atoms with Gasteiger partial charge in [0.15, 0.2) is 0 Å². The molecule has 0 aliphatic carbocycles. The van der Waals surface area contributed by atoms with E-state index in [-0.39, 0.29) is 6.29 Å². The number of nitrogens with two attached hydrogens (primary N) is 1. The molecule has 0 unspecified atom stereocenters. The van der Waals surface area contributed by atoms with E-state index in [1.165, 1.54) is 0 Å². The molecule has 0 bridgehead atoms. The first-order chi connectivity index (χ1) is 8.50. The van der Waals surface area contributed by atoms with Crippen LogP contribution in [0.1, 0.15) is 13.8 Å². The van der Waals surface area contributed by atoms with Crippen molar-refractivity contribution in [2.24, 2.45) is 0 Å². The molecule has 1 rings (SSSR count). The molecule has 0 fully saturated rings. The lowest BCUT2D eigenvalue weighted by molar-refractivity contribution is 0.221. The second-order valence-electron chi connectivity index (χ2n) is 3.51. The Morgan fingerprint density at radius 1 is 1.33 bits per heavy atom. The molecule has 3 N–H and O–H groups in total. The van der Waals surface area contributed by atoms with Crippen molar-refractivity contribution < 1.29 is 13.6 Å². The second-order valence-corrected chi connectivity index (χ2v) is 6.00. The highest BCUT2D eigenvalue weighted by Gasteiger charge is 2.23. The topological polar surface area (TPSA) is 73.6 Å². The van der Waals surface area contributed by atoms with E-state index in [4.69, 9.17) is 26.4 Å². The third-order valence-corrected chi connectivity index (χ3v) is 4.21. The largest absolute Gasteiger partial charge is 0.397 e. The monoisotopic (exact) mass is 292 g/mol. The van der Waals surface area contributed by atoms with Crippen LogP contribution >= 0.6 is 19.2 Å². The first-order valence-corrected chi connectivity index (χ1v) is 7.78. The predicted molar refractivity (Wildman–Crippen MR) is 75.2 cm³/mol. The summed E-state index contributed by atoms with van der Waals surface area (Å²) in [6.45, 7) is 4.19. The number of halogens is 1. The van der Waals surface area contributed by atoms with Crippen molar-refractivity contribution in [3.8, 4) is 0 Å². The minimum atomic E-state index is -3.12. The Morgan fingerprint density at radius 2 is 1.94 bits per heavy atom. The van der Waals surface area contributed by atoms with Crippen molar-refractivity contribution in [2.45, 2.75) is 13.8 Å². The third-order valence-electron chi connectivity index (χ3n) is 2.13. The standard InChI is InChI=1S/C11H18ClN2O3P/c1-3-16-18(15,17-4-2)8-14-11-6-5-9(12)7-10(11)13/h5-7,14H,3-4,8,13H2,1-2H3. The Hall–Kier alpha value is -0.740. The molecular weight excluding hydrogens is 275 g/mol. The van der Waals surface area contributed by atoms with Gasteiger partial charge in [0.2, 0.25) is 0 Å². The average Bonchev–Trinajstić information content (AvgIpc) is 2.28. The number of rotatable bonds is 7. The van der Waals surface area contributed by atoms with Crippen LogP contribution in [-0.2, 0) is 13.6 Å². The van der Waals surface area contributed by atoms with Crippen LogP contribution in [0.4, 0.5) is 11.4 Å². The van der Waals surface area contributed by atoms with Gasteiger partial charge >= 0.3 is 7.60 Å². The first kappa shape index (κ1) is 15.3. The SMILES string of the molecule is CCOP(=O)(CNc1ccc(Cl)cc1N)OCC. The zero-order chi connectivity index (χ0) is 13.6. The normalized spacial score (nSPS) is 11.5. The van der Waals surface area contributed by atoms with Crippen LogP contribution < -0.4 is 11.1 Å². The quantitative estimate of drug-likeness (QED) is 0.594. The molecular formula is C11H18ClN2O3P. The minimum Gasteiger partial charge on any atom is -0.397 e. The van der Waals surface area contributed by atoms with Gasteiger partial charge in [0.05, 0.1) is 24.6 Å². The molecule has 0 aliphatic rings. The lowest BCUT2D eigenvalue weighted by Gasteiger charge is -2.18. The van der Waals surface area contributed by atoms with Crippen LogP contribution in [-0.4, -0.2) is 19.5 Å². The van der Waals surface area contributed by atoms with Gasteiger partial charge in [-0.25, -0.2) is 0 Å². The molecule has 7 heteroatoms. The van der Waals surface area contributed by atoms with Gasteiger partial charge in [0.25, 0.3) is 0 Å². The summed E-state index contributed by atoms with van der Waals surface area (Å²) < 4.78 is 22.5. The molecule has 1 aromatic rings. The highest BCUT2D eigenvalue weighted by molar-refractivity contribution is 7.53. The fourth-order valence-corrected chi connectivity index (χ4v) is 2.99. The molecule has 0 aromatic heterocycles. The maximum absolute atomic E-state index is 12.2. The van der Waals surface area contributed by atoms with Gasteiger partial charge in [-0.05, 0) is 32.0 Å². The smallest absolute Gasteiger partial charge is 0.349 e. The van der Waals surface area contributed by atoms with Gasteiger partial charge in [0, 0.05) is 5.02 Å². The zero-order valence-electron chi connectivity index (χ0n) is 10.5. The minimum absolute atomic E-state index is 0.0700. The molecule has 102 valence electrons. The van der Waals surface area contributed by atoms with E-state index in [1.807, 2.05) is 0 Å². The second kappa shape index (κ2) is 7.00. The third kappa shape index (κ3) is 4.50. The number of benzene rings is 1. The van der Waals surface area contributed by atoms with Crippen molar-refractivity contribution in [2.75, 3.05) is 30.6 Å². The van der Waals surface area contributed by atoms with Gasteiger partial charge in [0.1, 0.15) is 6.29 Å². The Kier molecular flexibility index (Phi) is 5.96. The molecule has 18 heavy (non-hydrogen) atoms. The molecule has 0 saturated carbocycles. The summed E-state index contributed by atoms with van der Waals surface area (Å²) in [4.78, 5) is 0. The van der Waals surface area contributed by atoms with Crippen molar-refractivity contribution in [1.29, 1.82) is 0 Å². The molecule has 0 spiro atoms. The van der Waals surface area contributed by atoms with E-state index in [1.54, 1.807) is 32.0 Å². The van der Waals surface area contributed by atoms with Crippen molar-refractivity contribution in [1.82, 2.24) is 0 Å². The van der Waals surface area contributed by atoms with E-state index in [0.717, 1.165) is 0 Å². The van der Waals surface area contributed by atoms with Gasteiger partial charge < -0.3 is 20.1 Å². The molecule has 1 aromatic carbocycles. The average molecular weight is 293 g/mol. The Balaban J connectivity index is 2.69.